The predicted molar refractivity (Wildman–Crippen MR) is 85.8 cm³/mol. The zero-order valence-corrected chi connectivity index (χ0v) is 15.3. The Balaban J connectivity index is 2.17. The molecule has 2 aromatic rings. The number of hydrogen-bond acceptors (Lipinski definition) is 2. The van der Waals surface area contributed by atoms with E-state index in [9.17, 15) is 0 Å². The van der Waals surface area contributed by atoms with Crippen LogP contribution in [-0.2, 0) is 0 Å². The molecule has 3 rings (SSSR count). The fourth-order valence-corrected chi connectivity index (χ4v) is 22.5. The molecule has 0 bridgehead atoms. The van der Waals surface area contributed by atoms with Crippen molar-refractivity contribution >= 4 is 33.5 Å². The standard InChI is InChI=1S/C13H12S2.2CH3.Sn/c1-9-5-2-3-6-10(9)11-7-4-8-12(14)13(11)15;;;/h2-8,14-15H,1H3;2*1H3;/q;;;+2/p-2. The molecule has 0 nitrogen and oxygen atoms in total. The molecular weight excluding hydrogens is 363 g/mol. The normalized spacial score (nSPS) is 16.6. The average molecular weight is 379 g/mol. The van der Waals surface area contributed by atoms with Crippen molar-refractivity contribution in [3.05, 3.63) is 48.0 Å². The summed E-state index contributed by atoms with van der Waals surface area (Å²) in [5, 5.41) is 0. The van der Waals surface area contributed by atoms with Crippen LogP contribution in [0.15, 0.2) is 52.3 Å². The van der Waals surface area contributed by atoms with Gasteiger partial charge in [-0.15, -0.1) is 0 Å². The van der Waals surface area contributed by atoms with Gasteiger partial charge in [-0.05, 0) is 0 Å². The van der Waals surface area contributed by atoms with Crippen molar-refractivity contribution in [2.24, 2.45) is 0 Å². The summed E-state index contributed by atoms with van der Waals surface area (Å²) in [5.41, 5.74) is 4.20. The molecule has 0 fully saturated rings. The Kier molecular flexibility index (Phi) is 3.45. The Labute approximate surface area is 118 Å². The Bertz CT molecular complexity index is 605. The number of benzene rings is 2. The van der Waals surface area contributed by atoms with E-state index in [4.69, 9.17) is 0 Å². The zero-order valence-electron chi connectivity index (χ0n) is 10.9. The maximum atomic E-state index is 2.51. The third-order valence-electron chi connectivity index (χ3n) is 3.12. The third kappa shape index (κ3) is 2.35. The van der Waals surface area contributed by atoms with Gasteiger partial charge in [-0.2, -0.15) is 0 Å². The Morgan fingerprint density at radius 3 is 2.33 bits per heavy atom. The van der Waals surface area contributed by atoms with Gasteiger partial charge >= 0.3 is 119 Å². The molecule has 18 heavy (non-hydrogen) atoms. The fourth-order valence-electron chi connectivity index (χ4n) is 2.32. The van der Waals surface area contributed by atoms with Gasteiger partial charge in [-0.1, -0.05) is 0 Å². The number of aryl methyl sites for hydroxylation is 1. The molecule has 0 radical (unpaired) electrons. The molecule has 2 aromatic carbocycles. The summed E-state index contributed by atoms with van der Waals surface area (Å²) in [4.78, 5) is 8.07. The molecule has 3 heteroatoms. The minimum atomic E-state index is -1.93. The molecular formula is C15H16S2Sn. The molecule has 0 saturated heterocycles. The fraction of sp³-hybridized carbons (Fsp3) is 0.200. The summed E-state index contributed by atoms with van der Waals surface area (Å²) >= 11 is -1.93. The molecule has 0 aliphatic carbocycles. The zero-order chi connectivity index (χ0) is 12.8. The first kappa shape index (κ1) is 12.9. The topological polar surface area (TPSA) is 0 Å². The maximum absolute atomic E-state index is 2.51. The Hall–Kier alpha value is -0.0613. The molecule has 0 N–H and O–H groups in total. The average Bonchev–Trinajstić information content (AvgIpc) is 2.63. The van der Waals surface area contributed by atoms with Crippen LogP contribution in [0.2, 0.25) is 9.88 Å². The first-order valence-corrected chi connectivity index (χ1v) is 20.5. The van der Waals surface area contributed by atoms with Crippen molar-refractivity contribution in [3.8, 4) is 11.1 Å². The predicted octanol–water partition coefficient (Wildman–Crippen LogP) is 5.56. The van der Waals surface area contributed by atoms with Crippen LogP contribution in [-0.4, -0.2) is 15.6 Å². The summed E-state index contributed by atoms with van der Waals surface area (Å²) in [6, 6.07) is 15.5. The number of fused-ring (bicyclic) bond motifs is 1. The van der Waals surface area contributed by atoms with E-state index >= 15 is 0 Å². The molecule has 1 aliphatic heterocycles. The Morgan fingerprint density at radius 2 is 1.56 bits per heavy atom. The number of hydrogen-bond donors (Lipinski definition) is 0. The van der Waals surface area contributed by atoms with Crippen molar-refractivity contribution in [2.75, 3.05) is 0 Å². The van der Waals surface area contributed by atoms with Crippen LogP contribution in [0.5, 0.6) is 0 Å². The summed E-state index contributed by atoms with van der Waals surface area (Å²) in [5.74, 6) is 0. The Morgan fingerprint density at radius 1 is 0.833 bits per heavy atom. The van der Waals surface area contributed by atoms with E-state index in [1.165, 1.54) is 26.5 Å². The minimum absolute atomic E-state index is 1.37. The van der Waals surface area contributed by atoms with Crippen molar-refractivity contribution < 1.29 is 0 Å². The van der Waals surface area contributed by atoms with Crippen LogP contribution in [0.1, 0.15) is 5.56 Å². The van der Waals surface area contributed by atoms with Crippen LogP contribution in [0.4, 0.5) is 0 Å². The summed E-state index contributed by atoms with van der Waals surface area (Å²) < 4.78 is 0. The van der Waals surface area contributed by atoms with Crippen molar-refractivity contribution in [2.45, 2.75) is 26.6 Å². The van der Waals surface area contributed by atoms with Gasteiger partial charge in [0.15, 0.2) is 0 Å². The van der Waals surface area contributed by atoms with E-state index < -0.39 is 15.6 Å². The van der Waals surface area contributed by atoms with Gasteiger partial charge in [0.25, 0.3) is 0 Å². The van der Waals surface area contributed by atoms with Crippen LogP contribution in [0, 0.1) is 6.92 Å². The van der Waals surface area contributed by atoms with Gasteiger partial charge in [-0.3, -0.25) is 0 Å². The first-order chi connectivity index (χ1) is 8.57. The first-order valence-electron chi connectivity index (χ1n) is 6.14. The number of rotatable bonds is 1. The molecule has 0 spiro atoms. The van der Waals surface area contributed by atoms with Gasteiger partial charge in [0.2, 0.25) is 0 Å². The van der Waals surface area contributed by atoms with Crippen molar-refractivity contribution in [1.29, 1.82) is 0 Å². The second-order valence-electron chi connectivity index (χ2n) is 5.05. The van der Waals surface area contributed by atoms with Gasteiger partial charge in [-0.25, -0.2) is 0 Å². The molecule has 1 heterocycles. The second kappa shape index (κ2) is 4.80. The van der Waals surface area contributed by atoms with Crippen molar-refractivity contribution in [1.82, 2.24) is 0 Å². The quantitative estimate of drug-likeness (QED) is 0.595. The second-order valence-corrected chi connectivity index (χ2v) is 33.2. The summed E-state index contributed by atoms with van der Waals surface area (Å²) in [7, 11) is 4.38. The van der Waals surface area contributed by atoms with E-state index in [1.807, 2.05) is 0 Å². The van der Waals surface area contributed by atoms with Gasteiger partial charge < -0.3 is 0 Å². The van der Waals surface area contributed by atoms with Gasteiger partial charge in [0.05, 0.1) is 0 Å². The van der Waals surface area contributed by atoms with E-state index in [2.05, 4.69) is 77.2 Å². The summed E-state index contributed by atoms with van der Waals surface area (Å²) in [6.07, 6.45) is 0. The molecule has 0 aromatic heterocycles. The van der Waals surface area contributed by atoms with Crippen LogP contribution in [0.25, 0.3) is 11.1 Å². The van der Waals surface area contributed by atoms with Crippen LogP contribution in [0.3, 0.4) is 0 Å². The molecule has 1 aliphatic rings. The van der Waals surface area contributed by atoms with E-state index in [0.29, 0.717) is 0 Å². The molecule has 0 unspecified atom stereocenters. The van der Waals surface area contributed by atoms with Gasteiger partial charge in [0, 0.05) is 0 Å². The van der Waals surface area contributed by atoms with Gasteiger partial charge in [0.1, 0.15) is 0 Å². The molecule has 92 valence electrons. The van der Waals surface area contributed by atoms with E-state index in [0.717, 1.165) is 0 Å². The van der Waals surface area contributed by atoms with E-state index in [1.54, 1.807) is 0 Å². The summed E-state index contributed by atoms with van der Waals surface area (Å²) in [6.45, 7) is 2.20. The molecule has 0 saturated carbocycles. The van der Waals surface area contributed by atoms with Crippen LogP contribution >= 0.6 is 17.9 Å². The van der Waals surface area contributed by atoms with Crippen LogP contribution < -0.4 is 0 Å². The van der Waals surface area contributed by atoms with Crippen molar-refractivity contribution in [3.63, 3.8) is 0 Å². The molecule has 0 atom stereocenters. The monoisotopic (exact) mass is 380 g/mol. The molecule has 0 amide bonds. The third-order valence-corrected chi connectivity index (χ3v) is 20.8. The van der Waals surface area contributed by atoms with E-state index in [-0.39, 0.29) is 0 Å². The SMILES string of the molecule is Cc1ccccc1-c1cccc2c1[S][Sn]([CH3])([CH3])[S]2.